The van der Waals surface area contributed by atoms with E-state index in [9.17, 15) is 9.50 Å². The topological polar surface area (TPSA) is 32.3 Å². The number of rotatable bonds is 4. The second-order valence-electron chi connectivity index (χ2n) is 5.90. The lowest BCUT2D eigenvalue weighted by molar-refractivity contribution is -0.0720. The van der Waals surface area contributed by atoms with Gasteiger partial charge in [-0.3, -0.25) is 0 Å². The normalized spacial score (nSPS) is 25.8. The summed E-state index contributed by atoms with van der Waals surface area (Å²) in [6.07, 6.45) is 1.53. The van der Waals surface area contributed by atoms with E-state index < -0.39 is 0 Å². The SMILES string of the molecule is Cc1cc(F)ccc1CCNC1CC(O)C1(C)C. The van der Waals surface area contributed by atoms with Crippen molar-refractivity contribution >= 4 is 0 Å². The van der Waals surface area contributed by atoms with Crippen molar-refractivity contribution in [1.82, 2.24) is 5.32 Å². The van der Waals surface area contributed by atoms with Gasteiger partial charge >= 0.3 is 0 Å². The van der Waals surface area contributed by atoms with Crippen molar-refractivity contribution in [2.24, 2.45) is 5.41 Å². The molecule has 1 aliphatic carbocycles. The minimum Gasteiger partial charge on any atom is -0.392 e. The van der Waals surface area contributed by atoms with Gasteiger partial charge in [0, 0.05) is 11.5 Å². The predicted molar refractivity (Wildman–Crippen MR) is 71.0 cm³/mol. The van der Waals surface area contributed by atoms with E-state index in [0.29, 0.717) is 6.04 Å². The summed E-state index contributed by atoms with van der Waals surface area (Å²) < 4.78 is 13.0. The molecule has 0 heterocycles. The van der Waals surface area contributed by atoms with Gasteiger partial charge in [-0.15, -0.1) is 0 Å². The van der Waals surface area contributed by atoms with Gasteiger partial charge in [-0.2, -0.15) is 0 Å². The third-order valence-electron chi connectivity index (χ3n) is 4.31. The lowest BCUT2D eigenvalue weighted by Gasteiger charge is -2.49. The summed E-state index contributed by atoms with van der Waals surface area (Å²) in [5.74, 6) is -0.174. The Morgan fingerprint density at radius 3 is 2.72 bits per heavy atom. The van der Waals surface area contributed by atoms with E-state index in [1.165, 1.54) is 11.6 Å². The highest BCUT2D eigenvalue weighted by Crippen LogP contribution is 2.40. The molecular weight excluding hydrogens is 229 g/mol. The summed E-state index contributed by atoms with van der Waals surface area (Å²) in [5.41, 5.74) is 2.16. The van der Waals surface area contributed by atoms with Crippen molar-refractivity contribution in [3.63, 3.8) is 0 Å². The van der Waals surface area contributed by atoms with Crippen molar-refractivity contribution in [3.8, 4) is 0 Å². The van der Waals surface area contributed by atoms with Gasteiger partial charge in [0.05, 0.1) is 6.10 Å². The monoisotopic (exact) mass is 251 g/mol. The van der Waals surface area contributed by atoms with E-state index in [1.54, 1.807) is 6.07 Å². The first-order valence-electron chi connectivity index (χ1n) is 6.57. The van der Waals surface area contributed by atoms with E-state index in [0.717, 1.165) is 24.9 Å². The van der Waals surface area contributed by atoms with Gasteiger partial charge < -0.3 is 10.4 Å². The molecule has 2 N–H and O–H groups in total. The van der Waals surface area contributed by atoms with Gasteiger partial charge in [-0.05, 0) is 49.6 Å². The van der Waals surface area contributed by atoms with Crippen molar-refractivity contribution in [1.29, 1.82) is 0 Å². The number of hydrogen-bond acceptors (Lipinski definition) is 2. The fourth-order valence-corrected chi connectivity index (χ4v) is 2.57. The molecule has 0 radical (unpaired) electrons. The van der Waals surface area contributed by atoms with Crippen molar-refractivity contribution in [2.75, 3.05) is 6.54 Å². The molecule has 2 unspecified atom stereocenters. The van der Waals surface area contributed by atoms with Crippen LogP contribution in [-0.4, -0.2) is 23.8 Å². The highest BCUT2D eigenvalue weighted by molar-refractivity contribution is 5.26. The minimum atomic E-state index is -0.192. The summed E-state index contributed by atoms with van der Waals surface area (Å²) >= 11 is 0. The van der Waals surface area contributed by atoms with Crippen LogP contribution in [0.15, 0.2) is 18.2 Å². The quantitative estimate of drug-likeness (QED) is 0.861. The molecule has 1 saturated carbocycles. The lowest BCUT2D eigenvalue weighted by atomic mass is 9.64. The number of aliphatic hydroxyl groups excluding tert-OH is 1. The largest absolute Gasteiger partial charge is 0.392 e. The predicted octanol–water partition coefficient (Wildman–Crippen LogP) is 2.43. The van der Waals surface area contributed by atoms with E-state index in [2.05, 4.69) is 19.2 Å². The molecule has 1 aliphatic rings. The van der Waals surface area contributed by atoms with Crippen LogP contribution in [0.5, 0.6) is 0 Å². The van der Waals surface area contributed by atoms with Gasteiger partial charge in [0.25, 0.3) is 0 Å². The Bertz CT molecular complexity index is 431. The number of aliphatic hydroxyl groups is 1. The zero-order valence-corrected chi connectivity index (χ0v) is 11.3. The molecule has 1 aromatic carbocycles. The van der Waals surface area contributed by atoms with Gasteiger partial charge in [0.15, 0.2) is 0 Å². The zero-order valence-electron chi connectivity index (χ0n) is 11.3. The molecule has 100 valence electrons. The first-order chi connectivity index (χ1) is 8.41. The van der Waals surface area contributed by atoms with Crippen LogP contribution >= 0.6 is 0 Å². The maximum atomic E-state index is 13.0. The van der Waals surface area contributed by atoms with E-state index >= 15 is 0 Å². The molecule has 1 fully saturated rings. The van der Waals surface area contributed by atoms with Gasteiger partial charge in [-0.25, -0.2) is 4.39 Å². The van der Waals surface area contributed by atoms with Crippen molar-refractivity contribution in [3.05, 3.63) is 35.1 Å². The van der Waals surface area contributed by atoms with E-state index in [4.69, 9.17) is 0 Å². The van der Waals surface area contributed by atoms with Crippen LogP contribution in [0.25, 0.3) is 0 Å². The molecule has 0 spiro atoms. The highest BCUT2D eigenvalue weighted by Gasteiger charge is 2.46. The Labute approximate surface area is 108 Å². The molecule has 18 heavy (non-hydrogen) atoms. The molecule has 2 nitrogen and oxygen atoms in total. The standard InChI is InChI=1S/C15H22FNO/c1-10-8-12(16)5-4-11(10)6-7-17-13-9-14(18)15(13,2)3/h4-5,8,13-14,17-18H,6-7,9H2,1-3H3. The fourth-order valence-electron chi connectivity index (χ4n) is 2.57. The van der Waals surface area contributed by atoms with Crippen LogP contribution in [-0.2, 0) is 6.42 Å². The number of halogens is 1. The molecule has 0 amide bonds. The van der Waals surface area contributed by atoms with E-state index in [-0.39, 0.29) is 17.3 Å². The molecule has 2 atom stereocenters. The molecule has 2 rings (SSSR count). The maximum absolute atomic E-state index is 13.0. The van der Waals surface area contributed by atoms with Crippen LogP contribution in [0.2, 0.25) is 0 Å². The zero-order chi connectivity index (χ0) is 13.3. The van der Waals surface area contributed by atoms with Crippen LogP contribution in [0.1, 0.15) is 31.4 Å². The number of nitrogens with one attached hydrogen (secondary N) is 1. The van der Waals surface area contributed by atoms with Gasteiger partial charge in [0.1, 0.15) is 5.82 Å². The fraction of sp³-hybridized carbons (Fsp3) is 0.600. The Kier molecular flexibility index (Phi) is 3.74. The lowest BCUT2D eigenvalue weighted by Crippen LogP contribution is -2.60. The number of aryl methyl sites for hydroxylation is 1. The molecule has 0 bridgehead atoms. The average molecular weight is 251 g/mol. The summed E-state index contributed by atoms with van der Waals surface area (Å²) in [6, 6.07) is 5.33. The van der Waals surface area contributed by atoms with Crippen LogP contribution < -0.4 is 5.32 Å². The van der Waals surface area contributed by atoms with Crippen LogP contribution in [0.4, 0.5) is 4.39 Å². The summed E-state index contributed by atoms with van der Waals surface area (Å²) in [5, 5.41) is 13.1. The molecule has 0 saturated heterocycles. The van der Waals surface area contributed by atoms with Gasteiger partial charge in [-0.1, -0.05) is 19.9 Å². The first kappa shape index (κ1) is 13.5. The minimum absolute atomic E-state index is 0.0299. The summed E-state index contributed by atoms with van der Waals surface area (Å²) in [7, 11) is 0. The summed E-state index contributed by atoms with van der Waals surface area (Å²) in [6.45, 7) is 6.98. The second-order valence-corrected chi connectivity index (χ2v) is 5.90. The third kappa shape index (κ3) is 2.57. The Balaban J connectivity index is 1.83. The Morgan fingerprint density at radius 1 is 1.44 bits per heavy atom. The Hall–Kier alpha value is -0.930. The number of benzene rings is 1. The van der Waals surface area contributed by atoms with E-state index in [1.807, 2.05) is 13.0 Å². The molecule has 1 aromatic rings. The number of hydrogen-bond donors (Lipinski definition) is 2. The maximum Gasteiger partial charge on any atom is 0.123 e. The van der Waals surface area contributed by atoms with Crippen LogP contribution in [0.3, 0.4) is 0 Å². The summed E-state index contributed by atoms with van der Waals surface area (Å²) in [4.78, 5) is 0. The molecule has 0 aromatic heterocycles. The molecule has 0 aliphatic heterocycles. The smallest absolute Gasteiger partial charge is 0.123 e. The second kappa shape index (κ2) is 4.98. The van der Waals surface area contributed by atoms with Crippen molar-refractivity contribution in [2.45, 2.75) is 45.8 Å². The highest BCUT2D eigenvalue weighted by atomic mass is 19.1. The van der Waals surface area contributed by atoms with Crippen molar-refractivity contribution < 1.29 is 9.50 Å². The van der Waals surface area contributed by atoms with Crippen LogP contribution in [0, 0.1) is 18.2 Å². The Morgan fingerprint density at radius 2 is 2.17 bits per heavy atom. The third-order valence-corrected chi connectivity index (χ3v) is 4.31. The first-order valence-corrected chi connectivity index (χ1v) is 6.57. The average Bonchev–Trinajstić information content (AvgIpc) is 2.30. The molecule has 3 heteroatoms. The van der Waals surface area contributed by atoms with Gasteiger partial charge in [0.2, 0.25) is 0 Å². The molecular formula is C15H22FNO.